The van der Waals surface area contributed by atoms with E-state index in [1.807, 2.05) is 0 Å². The van der Waals surface area contributed by atoms with Crippen molar-refractivity contribution in [3.63, 3.8) is 0 Å². The molecule has 0 unspecified atom stereocenters. The number of hydrogen-bond donors (Lipinski definition) is 0. The van der Waals surface area contributed by atoms with Gasteiger partial charge in [0.2, 0.25) is 0 Å². The molecule has 11 rings (SSSR count). The lowest BCUT2D eigenvalue weighted by Gasteiger charge is -2.34. The van der Waals surface area contributed by atoms with E-state index in [0.29, 0.717) is 0 Å². The molecule has 2 aliphatic rings. The van der Waals surface area contributed by atoms with E-state index in [-0.39, 0.29) is 10.8 Å². The van der Waals surface area contributed by atoms with E-state index in [2.05, 4.69) is 233 Å². The van der Waals surface area contributed by atoms with Crippen molar-refractivity contribution in [1.29, 1.82) is 0 Å². The summed E-state index contributed by atoms with van der Waals surface area (Å²) in [6, 6.07) is 68.5. The van der Waals surface area contributed by atoms with Crippen molar-refractivity contribution in [1.82, 2.24) is 4.57 Å². The lowest BCUT2D eigenvalue weighted by molar-refractivity contribution is 0.586. The minimum absolute atomic E-state index is 0.00322. The summed E-state index contributed by atoms with van der Waals surface area (Å²) in [4.78, 5) is 2.46. The molecule has 1 heterocycles. The highest BCUT2D eigenvalue weighted by Gasteiger charge is 2.52. The summed E-state index contributed by atoms with van der Waals surface area (Å²) in [5.74, 6) is 0. The molecule has 0 aliphatic heterocycles. The van der Waals surface area contributed by atoms with Crippen molar-refractivity contribution in [2.24, 2.45) is 0 Å². The summed E-state index contributed by atoms with van der Waals surface area (Å²) in [6.07, 6.45) is 0. The first-order valence-corrected chi connectivity index (χ1v) is 21.0. The maximum absolute atomic E-state index is 2.54. The lowest BCUT2D eigenvalue weighted by Crippen LogP contribution is -2.27. The van der Waals surface area contributed by atoms with Crippen molar-refractivity contribution in [2.75, 3.05) is 4.90 Å². The van der Waals surface area contributed by atoms with Gasteiger partial charge in [0.1, 0.15) is 0 Å². The molecule has 9 aromatic rings. The number of hydrogen-bond acceptors (Lipinski definition) is 1. The third-order valence-corrected chi connectivity index (χ3v) is 13.1. The monoisotopic (exact) mass is 760 g/mol. The van der Waals surface area contributed by atoms with E-state index in [0.717, 1.165) is 22.7 Å². The van der Waals surface area contributed by atoms with E-state index in [1.165, 1.54) is 77.4 Å². The number of nitrogens with zero attached hydrogens (tertiary/aromatic N) is 2. The molecule has 59 heavy (non-hydrogen) atoms. The first kappa shape index (κ1) is 35.5. The third kappa shape index (κ3) is 5.18. The number of aromatic nitrogens is 1. The molecule has 1 spiro atoms. The summed E-state index contributed by atoms with van der Waals surface area (Å²) in [5.41, 5.74) is 20.0. The molecule has 0 fully saturated rings. The van der Waals surface area contributed by atoms with Crippen LogP contribution in [0.5, 0.6) is 0 Å². The molecule has 0 bridgehead atoms. The Balaban J connectivity index is 1.19. The molecule has 0 radical (unpaired) electrons. The van der Waals surface area contributed by atoms with Gasteiger partial charge in [-0.25, -0.2) is 0 Å². The average Bonchev–Trinajstić information content (AvgIpc) is 3.85. The molecular weight excluding hydrogens is 713 g/mol. The summed E-state index contributed by atoms with van der Waals surface area (Å²) in [5, 5.41) is 2.48. The Labute approximate surface area is 348 Å². The fraction of sp³-hybridized carbons (Fsp3) is 0.158. The van der Waals surface area contributed by atoms with Gasteiger partial charge in [0.25, 0.3) is 0 Å². The van der Waals surface area contributed by atoms with E-state index in [9.17, 15) is 0 Å². The van der Waals surface area contributed by atoms with E-state index in [1.54, 1.807) is 0 Å². The molecule has 0 N–H and O–H groups in total. The topological polar surface area (TPSA) is 8.17 Å². The highest BCUT2D eigenvalue weighted by atomic mass is 15.1. The number of rotatable bonds is 4. The molecule has 2 heteroatoms. The van der Waals surface area contributed by atoms with Crippen LogP contribution in [0.1, 0.15) is 74.9 Å². The first-order chi connectivity index (χ1) is 28.5. The second-order valence-electron chi connectivity index (χ2n) is 18.6. The lowest BCUT2D eigenvalue weighted by atomic mass is 9.68. The number of fused-ring (bicyclic) bond motifs is 13. The Kier molecular flexibility index (Phi) is 7.63. The van der Waals surface area contributed by atoms with Gasteiger partial charge in [-0.1, -0.05) is 163 Å². The predicted molar refractivity (Wildman–Crippen MR) is 249 cm³/mol. The summed E-state index contributed by atoms with van der Waals surface area (Å²) in [7, 11) is 0. The Morgan fingerprint density at radius 1 is 0.373 bits per heavy atom. The fourth-order valence-corrected chi connectivity index (χ4v) is 10.2. The molecule has 0 saturated heterocycles. The van der Waals surface area contributed by atoms with Crippen LogP contribution in [0.15, 0.2) is 182 Å². The van der Waals surface area contributed by atoms with Crippen LogP contribution in [0.25, 0.3) is 49.7 Å². The maximum atomic E-state index is 2.54. The zero-order valence-corrected chi connectivity index (χ0v) is 34.7. The largest absolute Gasteiger partial charge is 0.310 e. The molecule has 2 nitrogen and oxygen atoms in total. The normalized spacial score (nSPS) is 13.7. The SMILES string of the molecule is CC(C)(C)c1ccc2c(c1)C1(c3ccccc3-c3ccc(N(c4ccccc4)c4ccc5c(c4)c4ccccc4n5-c4ccccc4)cc31)c1cc(C(C)(C)C)ccc1-2. The molecule has 0 saturated carbocycles. The van der Waals surface area contributed by atoms with E-state index < -0.39 is 5.41 Å². The van der Waals surface area contributed by atoms with Crippen molar-refractivity contribution in [3.05, 3.63) is 215 Å². The average molecular weight is 761 g/mol. The van der Waals surface area contributed by atoms with Gasteiger partial charge in [-0.2, -0.15) is 0 Å². The fourth-order valence-electron chi connectivity index (χ4n) is 10.2. The summed E-state index contributed by atoms with van der Waals surface area (Å²) < 4.78 is 2.39. The predicted octanol–water partition coefficient (Wildman–Crippen LogP) is 15.2. The minimum Gasteiger partial charge on any atom is -0.310 e. The molecule has 8 aromatic carbocycles. The van der Waals surface area contributed by atoms with E-state index >= 15 is 0 Å². The van der Waals surface area contributed by atoms with Gasteiger partial charge in [-0.15, -0.1) is 0 Å². The van der Waals surface area contributed by atoms with E-state index in [4.69, 9.17) is 0 Å². The van der Waals surface area contributed by atoms with Crippen molar-refractivity contribution in [3.8, 4) is 27.9 Å². The van der Waals surface area contributed by atoms with Gasteiger partial charge in [0.15, 0.2) is 0 Å². The van der Waals surface area contributed by atoms with Gasteiger partial charge in [0.05, 0.1) is 16.4 Å². The maximum Gasteiger partial charge on any atom is 0.0726 e. The minimum atomic E-state index is -0.482. The van der Waals surface area contributed by atoms with Crippen LogP contribution in [-0.4, -0.2) is 4.57 Å². The van der Waals surface area contributed by atoms with Crippen molar-refractivity contribution in [2.45, 2.75) is 57.8 Å². The van der Waals surface area contributed by atoms with Gasteiger partial charge in [-0.05, 0) is 127 Å². The number of anilines is 3. The van der Waals surface area contributed by atoms with Gasteiger partial charge < -0.3 is 9.47 Å². The van der Waals surface area contributed by atoms with Crippen LogP contribution < -0.4 is 4.90 Å². The third-order valence-electron chi connectivity index (χ3n) is 13.1. The van der Waals surface area contributed by atoms with Crippen molar-refractivity contribution >= 4 is 38.9 Å². The van der Waals surface area contributed by atoms with Crippen LogP contribution in [0.3, 0.4) is 0 Å². The Hall–Kier alpha value is -6.64. The quantitative estimate of drug-likeness (QED) is 0.173. The number of benzene rings is 8. The van der Waals surface area contributed by atoms with Crippen LogP contribution in [0, 0.1) is 0 Å². The zero-order valence-electron chi connectivity index (χ0n) is 34.7. The number of para-hydroxylation sites is 3. The zero-order chi connectivity index (χ0) is 40.3. The van der Waals surface area contributed by atoms with Crippen LogP contribution >= 0.6 is 0 Å². The standard InChI is InChI=1S/C57H48N2/c1-55(2,3)37-25-29-44-45-30-26-38(56(4,5)6)34-51(45)57(50(44)33-37)49-23-15-13-21-43(49)46-31-27-42(36-52(46)57)58(39-17-9-7-10-18-39)41-28-32-54-48(35-41)47-22-14-16-24-53(47)59(54)40-19-11-8-12-20-40/h7-36H,1-6H3. The van der Waals surface area contributed by atoms with Crippen molar-refractivity contribution < 1.29 is 0 Å². The Bertz CT molecular complexity index is 3050. The summed E-state index contributed by atoms with van der Waals surface area (Å²) >= 11 is 0. The highest BCUT2D eigenvalue weighted by molar-refractivity contribution is 6.11. The highest BCUT2D eigenvalue weighted by Crippen LogP contribution is 2.64. The van der Waals surface area contributed by atoms with Gasteiger partial charge >= 0.3 is 0 Å². The van der Waals surface area contributed by atoms with Crippen LogP contribution in [0.2, 0.25) is 0 Å². The van der Waals surface area contributed by atoms with Gasteiger partial charge in [-0.3, -0.25) is 0 Å². The second-order valence-corrected chi connectivity index (χ2v) is 18.6. The Morgan fingerprint density at radius 3 is 1.53 bits per heavy atom. The molecule has 286 valence electrons. The van der Waals surface area contributed by atoms with Crippen LogP contribution in [0.4, 0.5) is 17.1 Å². The second kappa shape index (κ2) is 12.7. The Morgan fingerprint density at radius 2 is 0.864 bits per heavy atom. The molecular formula is C57H48N2. The van der Waals surface area contributed by atoms with Gasteiger partial charge in [0, 0.05) is 33.5 Å². The van der Waals surface area contributed by atoms with Crippen LogP contribution in [-0.2, 0) is 16.2 Å². The molecule has 0 amide bonds. The summed E-state index contributed by atoms with van der Waals surface area (Å²) in [6.45, 7) is 14.0. The first-order valence-electron chi connectivity index (χ1n) is 21.0. The molecule has 1 aromatic heterocycles. The molecule has 2 aliphatic carbocycles. The molecule has 0 atom stereocenters. The smallest absolute Gasteiger partial charge is 0.0726 e.